The van der Waals surface area contributed by atoms with E-state index in [1.807, 2.05) is 6.92 Å². The van der Waals surface area contributed by atoms with Gasteiger partial charge in [0.05, 0.1) is 5.56 Å². The van der Waals surface area contributed by atoms with Crippen molar-refractivity contribution >= 4 is 5.91 Å². The second-order valence-electron chi connectivity index (χ2n) is 4.48. The van der Waals surface area contributed by atoms with Gasteiger partial charge in [-0.2, -0.15) is 13.2 Å². The van der Waals surface area contributed by atoms with Gasteiger partial charge in [0.1, 0.15) is 6.61 Å². The number of aliphatic hydroxyl groups excluding tert-OH is 1. The highest BCUT2D eigenvalue weighted by Crippen LogP contribution is 2.20. The molecule has 1 aromatic carbocycles. The second-order valence-corrected chi connectivity index (χ2v) is 4.48. The van der Waals surface area contributed by atoms with Gasteiger partial charge in [-0.3, -0.25) is 4.79 Å². The van der Waals surface area contributed by atoms with E-state index in [9.17, 15) is 18.0 Å². The van der Waals surface area contributed by atoms with Crippen LogP contribution in [0.3, 0.4) is 0 Å². The minimum absolute atomic E-state index is 0.0565. The molecule has 0 saturated heterocycles. The number of aryl methyl sites for hydroxylation is 1. The number of hydrogen-bond donors (Lipinski definition) is 2. The summed E-state index contributed by atoms with van der Waals surface area (Å²) in [5.74, 6) is 4.64. The fourth-order valence-electron chi connectivity index (χ4n) is 1.68. The van der Waals surface area contributed by atoms with Gasteiger partial charge < -0.3 is 10.4 Å². The lowest BCUT2D eigenvalue weighted by atomic mass is 10.0. The number of carbonyl (C=O) groups is 1. The summed E-state index contributed by atoms with van der Waals surface area (Å²) in [4.78, 5) is 11.9. The molecule has 0 aliphatic carbocycles. The maximum Gasteiger partial charge on any atom is 0.389 e. The van der Waals surface area contributed by atoms with Crippen molar-refractivity contribution in [2.24, 2.45) is 0 Å². The molecule has 6 heteroatoms. The number of halogens is 3. The zero-order valence-electron chi connectivity index (χ0n) is 11.5. The third-order valence-corrected chi connectivity index (χ3v) is 2.64. The average molecular weight is 299 g/mol. The summed E-state index contributed by atoms with van der Waals surface area (Å²) in [5, 5.41) is 11.1. The molecule has 0 spiro atoms. The van der Waals surface area contributed by atoms with Crippen LogP contribution in [0.15, 0.2) is 18.2 Å². The van der Waals surface area contributed by atoms with E-state index in [0.29, 0.717) is 5.56 Å². The Morgan fingerprint density at radius 1 is 1.38 bits per heavy atom. The van der Waals surface area contributed by atoms with Gasteiger partial charge in [0.25, 0.3) is 5.91 Å². The monoisotopic (exact) mass is 299 g/mol. The van der Waals surface area contributed by atoms with Gasteiger partial charge in [-0.15, -0.1) is 0 Å². The predicted octanol–water partition coefficient (Wildman–Crippen LogP) is 2.41. The van der Waals surface area contributed by atoms with Gasteiger partial charge >= 0.3 is 6.18 Å². The summed E-state index contributed by atoms with van der Waals surface area (Å²) in [6.07, 6.45) is -5.32. The summed E-state index contributed by atoms with van der Waals surface area (Å²) < 4.78 is 36.0. The van der Waals surface area contributed by atoms with Crippen molar-refractivity contribution < 1.29 is 23.1 Å². The lowest BCUT2D eigenvalue weighted by Gasteiger charge is -2.09. The lowest BCUT2D eigenvalue weighted by Crippen LogP contribution is -2.26. The van der Waals surface area contributed by atoms with Crippen LogP contribution in [-0.2, 0) is 0 Å². The summed E-state index contributed by atoms with van der Waals surface area (Å²) in [7, 11) is 0. The van der Waals surface area contributed by atoms with Crippen LogP contribution >= 0.6 is 0 Å². The third kappa shape index (κ3) is 6.32. The number of nitrogens with one attached hydrogen (secondary N) is 1. The van der Waals surface area contributed by atoms with Crippen molar-refractivity contribution in [1.82, 2.24) is 5.32 Å². The fourth-order valence-corrected chi connectivity index (χ4v) is 1.68. The Morgan fingerprint density at radius 3 is 2.71 bits per heavy atom. The number of carbonyl (C=O) groups excluding carboxylic acids is 1. The number of benzene rings is 1. The Bertz CT molecular complexity index is 556. The van der Waals surface area contributed by atoms with Crippen molar-refractivity contribution in [2.45, 2.75) is 25.9 Å². The molecule has 114 valence electrons. The molecule has 21 heavy (non-hydrogen) atoms. The summed E-state index contributed by atoms with van der Waals surface area (Å²) >= 11 is 0. The molecule has 1 rings (SSSR count). The molecule has 0 aliphatic rings. The van der Waals surface area contributed by atoms with E-state index < -0.39 is 18.5 Å². The molecule has 0 atom stereocenters. The van der Waals surface area contributed by atoms with Crippen LogP contribution in [0.5, 0.6) is 0 Å². The van der Waals surface area contributed by atoms with E-state index in [2.05, 4.69) is 17.2 Å². The van der Waals surface area contributed by atoms with Crippen LogP contribution in [0.25, 0.3) is 0 Å². The molecular weight excluding hydrogens is 283 g/mol. The second kappa shape index (κ2) is 7.70. The molecule has 0 fully saturated rings. The number of hydrogen-bond acceptors (Lipinski definition) is 2. The van der Waals surface area contributed by atoms with Crippen molar-refractivity contribution in [3.05, 3.63) is 34.9 Å². The Morgan fingerprint density at radius 2 is 2.10 bits per heavy atom. The Hall–Kier alpha value is -2.00. The quantitative estimate of drug-likeness (QED) is 0.662. The molecule has 0 aliphatic heterocycles. The number of rotatable bonds is 4. The molecule has 3 nitrogen and oxygen atoms in total. The maximum absolute atomic E-state index is 12.0. The predicted molar refractivity (Wildman–Crippen MR) is 72.8 cm³/mol. The van der Waals surface area contributed by atoms with E-state index in [0.717, 1.165) is 5.56 Å². The number of aliphatic hydroxyl groups is 1. The first kappa shape index (κ1) is 17.1. The number of alkyl halides is 3. The molecular formula is C15H16F3NO2. The molecule has 0 unspecified atom stereocenters. The van der Waals surface area contributed by atoms with Crippen molar-refractivity contribution in [3.63, 3.8) is 0 Å². The smallest absolute Gasteiger partial charge is 0.384 e. The molecule has 2 N–H and O–H groups in total. The molecule has 1 amide bonds. The largest absolute Gasteiger partial charge is 0.389 e. The van der Waals surface area contributed by atoms with Crippen molar-refractivity contribution in [3.8, 4) is 11.8 Å². The third-order valence-electron chi connectivity index (χ3n) is 2.64. The SMILES string of the molecule is Cc1ccc(C(=O)NCCCC(F)(F)F)c(C#CCO)c1. The van der Waals surface area contributed by atoms with Crippen molar-refractivity contribution in [2.75, 3.05) is 13.2 Å². The van der Waals surface area contributed by atoms with E-state index >= 15 is 0 Å². The first-order valence-corrected chi connectivity index (χ1v) is 6.39. The normalized spacial score (nSPS) is 10.7. The van der Waals surface area contributed by atoms with E-state index in [-0.39, 0.29) is 25.1 Å². The molecule has 1 aromatic rings. The minimum Gasteiger partial charge on any atom is -0.384 e. The first-order valence-electron chi connectivity index (χ1n) is 6.39. The molecule has 0 heterocycles. The fraction of sp³-hybridized carbons (Fsp3) is 0.400. The van der Waals surface area contributed by atoms with Crippen LogP contribution in [0.4, 0.5) is 13.2 Å². The van der Waals surface area contributed by atoms with Crippen LogP contribution in [0, 0.1) is 18.8 Å². The Balaban J connectivity index is 2.69. The topological polar surface area (TPSA) is 49.3 Å². The number of amides is 1. The van der Waals surface area contributed by atoms with Gasteiger partial charge in [0.2, 0.25) is 0 Å². The van der Waals surface area contributed by atoms with Gasteiger partial charge in [0, 0.05) is 18.5 Å². The Labute approximate surface area is 121 Å². The van der Waals surface area contributed by atoms with E-state index in [4.69, 9.17) is 5.11 Å². The Kier molecular flexibility index (Phi) is 6.25. The summed E-state index contributed by atoms with van der Waals surface area (Å²) in [5.41, 5.74) is 1.62. The van der Waals surface area contributed by atoms with Crippen molar-refractivity contribution in [1.29, 1.82) is 0 Å². The standard InChI is InChI=1S/C15H16F3NO2/c1-11-5-6-13(12(10-11)4-2-9-20)14(21)19-8-3-7-15(16,17)18/h5-6,10,20H,3,7-9H2,1H3,(H,19,21). The van der Waals surface area contributed by atoms with Gasteiger partial charge in [-0.25, -0.2) is 0 Å². The molecule has 0 radical (unpaired) electrons. The van der Waals surface area contributed by atoms with Crippen LogP contribution in [0.2, 0.25) is 0 Å². The average Bonchev–Trinajstić information content (AvgIpc) is 2.40. The van der Waals surface area contributed by atoms with Crippen LogP contribution in [-0.4, -0.2) is 30.3 Å². The van der Waals surface area contributed by atoms with Gasteiger partial charge in [0.15, 0.2) is 0 Å². The highest BCUT2D eigenvalue weighted by Gasteiger charge is 2.26. The van der Waals surface area contributed by atoms with Gasteiger partial charge in [-0.1, -0.05) is 17.9 Å². The van der Waals surface area contributed by atoms with Crippen LogP contribution in [0.1, 0.15) is 34.3 Å². The minimum atomic E-state index is -4.22. The lowest BCUT2D eigenvalue weighted by molar-refractivity contribution is -0.135. The van der Waals surface area contributed by atoms with E-state index in [1.54, 1.807) is 18.2 Å². The van der Waals surface area contributed by atoms with E-state index in [1.165, 1.54) is 0 Å². The first-order chi connectivity index (χ1) is 9.83. The van der Waals surface area contributed by atoms with Crippen LogP contribution < -0.4 is 5.32 Å². The molecule has 0 bridgehead atoms. The summed E-state index contributed by atoms with van der Waals surface area (Å²) in [6, 6.07) is 4.97. The van der Waals surface area contributed by atoms with Gasteiger partial charge in [-0.05, 0) is 31.0 Å². The highest BCUT2D eigenvalue weighted by atomic mass is 19.4. The zero-order valence-corrected chi connectivity index (χ0v) is 11.5. The maximum atomic E-state index is 12.0. The zero-order chi connectivity index (χ0) is 15.9. The molecule has 0 aromatic heterocycles. The molecule has 0 saturated carbocycles. The highest BCUT2D eigenvalue weighted by molar-refractivity contribution is 5.96. The summed E-state index contributed by atoms with van der Waals surface area (Å²) in [6.45, 7) is 1.44.